The van der Waals surface area contributed by atoms with Gasteiger partial charge in [-0.15, -0.1) is 0 Å². The number of hydrogen-bond donors (Lipinski definition) is 1. The summed E-state index contributed by atoms with van der Waals surface area (Å²) in [6.45, 7) is 3.87. The van der Waals surface area contributed by atoms with Gasteiger partial charge in [-0.25, -0.2) is 9.78 Å². The molecule has 21 heavy (non-hydrogen) atoms. The zero-order chi connectivity index (χ0) is 15.0. The summed E-state index contributed by atoms with van der Waals surface area (Å²) in [6.07, 6.45) is 4.65. The molecule has 2 fully saturated rings. The Kier molecular flexibility index (Phi) is 3.97. The van der Waals surface area contributed by atoms with E-state index in [2.05, 4.69) is 10.3 Å². The molecule has 0 aliphatic heterocycles. The fourth-order valence-electron chi connectivity index (χ4n) is 3.60. The number of nitrogens with zero attached hydrogens (tertiary/aromatic N) is 1. The lowest BCUT2D eigenvalue weighted by Gasteiger charge is -2.19. The first kappa shape index (κ1) is 14.5. The summed E-state index contributed by atoms with van der Waals surface area (Å²) >= 11 is 1.20. The fraction of sp³-hybridized carbons (Fsp3) is 0.667. The molecule has 1 heterocycles. The molecule has 1 aromatic heterocycles. The van der Waals surface area contributed by atoms with Crippen LogP contribution in [0.25, 0.3) is 0 Å². The molecular formula is C15H20N2O3S. The highest BCUT2D eigenvalue weighted by molar-refractivity contribution is 7.17. The number of ether oxygens (including phenoxy) is 1. The molecule has 3 unspecified atom stereocenters. The van der Waals surface area contributed by atoms with Gasteiger partial charge in [-0.3, -0.25) is 4.79 Å². The monoisotopic (exact) mass is 308 g/mol. The Morgan fingerprint density at radius 2 is 2.19 bits per heavy atom. The molecule has 2 aliphatic rings. The van der Waals surface area contributed by atoms with Gasteiger partial charge in [0.15, 0.2) is 5.13 Å². The summed E-state index contributed by atoms with van der Waals surface area (Å²) in [5, 5.41) is 3.39. The van der Waals surface area contributed by atoms with Crippen LogP contribution in [0.4, 0.5) is 5.13 Å². The number of esters is 1. The second kappa shape index (κ2) is 5.75. The summed E-state index contributed by atoms with van der Waals surface area (Å²) < 4.78 is 4.99. The van der Waals surface area contributed by atoms with Crippen LogP contribution in [0.3, 0.4) is 0 Å². The molecule has 0 saturated heterocycles. The largest absolute Gasteiger partial charge is 0.462 e. The Labute approximate surface area is 128 Å². The molecule has 3 atom stereocenters. The zero-order valence-electron chi connectivity index (χ0n) is 12.3. The van der Waals surface area contributed by atoms with Gasteiger partial charge in [-0.05, 0) is 44.9 Å². The average molecular weight is 308 g/mol. The Bertz CT molecular complexity index is 569. The van der Waals surface area contributed by atoms with Gasteiger partial charge in [0, 0.05) is 5.92 Å². The predicted octanol–water partition coefficient (Wildman–Crippen LogP) is 3.00. The van der Waals surface area contributed by atoms with Crippen LogP contribution < -0.4 is 5.32 Å². The Morgan fingerprint density at radius 3 is 2.81 bits per heavy atom. The van der Waals surface area contributed by atoms with E-state index in [1.54, 1.807) is 13.8 Å². The van der Waals surface area contributed by atoms with Crippen LogP contribution in [-0.4, -0.2) is 23.5 Å². The van der Waals surface area contributed by atoms with Crippen molar-refractivity contribution in [3.63, 3.8) is 0 Å². The maximum atomic E-state index is 12.4. The van der Waals surface area contributed by atoms with Gasteiger partial charge in [0.1, 0.15) is 4.88 Å². The van der Waals surface area contributed by atoms with E-state index < -0.39 is 0 Å². The van der Waals surface area contributed by atoms with Crippen LogP contribution in [0.5, 0.6) is 0 Å². The topological polar surface area (TPSA) is 68.3 Å². The number of nitrogens with one attached hydrogen (secondary N) is 1. The van der Waals surface area contributed by atoms with Crippen LogP contribution >= 0.6 is 11.3 Å². The standard InChI is InChI=1S/C15H20N2O3S/c1-3-20-14(19)12-8(2)16-15(21-12)17-13(18)11-7-9-4-5-10(11)6-9/h9-11H,3-7H2,1-2H3,(H,16,17,18). The molecule has 114 valence electrons. The number of carbonyl (C=O) groups is 2. The van der Waals surface area contributed by atoms with Crippen LogP contribution in [0, 0.1) is 24.7 Å². The minimum Gasteiger partial charge on any atom is -0.462 e. The van der Waals surface area contributed by atoms with E-state index in [-0.39, 0.29) is 17.8 Å². The molecule has 1 aromatic rings. The number of aromatic nitrogens is 1. The van der Waals surface area contributed by atoms with E-state index in [1.807, 2.05) is 0 Å². The third-order valence-electron chi connectivity index (χ3n) is 4.56. The van der Waals surface area contributed by atoms with Crippen molar-refractivity contribution in [3.05, 3.63) is 10.6 Å². The maximum absolute atomic E-state index is 12.4. The second-order valence-electron chi connectivity index (χ2n) is 5.92. The molecule has 6 heteroatoms. The van der Waals surface area contributed by atoms with Gasteiger partial charge in [-0.1, -0.05) is 17.8 Å². The molecule has 0 radical (unpaired) electrons. The van der Waals surface area contributed by atoms with Crippen molar-refractivity contribution in [1.82, 2.24) is 4.98 Å². The highest BCUT2D eigenvalue weighted by atomic mass is 32.1. The molecule has 0 spiro atoms. The van der Waals surface area contributed by atoms with Gasteiger partial charge in [0.25, 0.3) is 0 Å². The molecule has 2 bridgehead atoms. The summed E-state index contributed by atoms with van der Waals surface area (Å²) in [4.78, 5) is 28.9. The normalized spacial score (nSPS) is 26.9. The van der Waals surface area contributed by atoms with Crippen LogP contribution in [-0.2, 0) is 9.53 Å². The van der Waals surface area contributed by atoms with Crippen LogP contribution in [0.1, 0.15) is 48.0 Å². The number of anilines is 1. The van der Waals surface area contributed by atoms with Gasteiger partial charge in [-0.2, -0.15) is 0 Å². The summed E-state index contributed by atoms with van der Waals surface area (Å²) in [6, 6.07) is 0. The summed E-state index contributed by atoms with van der Waals surface area (Å²) in [5.41, 5.74) is 0.613. The lowest BCUT2D eigenvalue weighted by atomic mass is 9.88. The Hall–Kier alpha value is -1.43. The third kappa shape index (κ3) is 2.81. The minimum absolute atomic E-state index is 0.0614. The zero-order valence-corrected chi connectivity index (χ0v) is 13.2. The first-order valence-corrected chi connectivity index (χ1v) is 8.35. The van der Waals surface area contributed by atoms with E-state index in [9.17, 15) is 9.59 Å². The Balaban J connectivity index is 1.66. The molecule has 1 N–H and O–H groups in total. The van der Waals surface area contributed by atoms with Crippen molar-refractivity contribution in [1.29, 1.82) is 0 Å². The summed E-state index contributed by atoms with van der Waals surface area (Å²) in [5.74, 6) is 1.10. The van der Waals surface area contributed by atoms with E-state index in [0.717, 1.165) is 12.3 Å². The number of rotatable bonds is 4. The maximum Gasteiger partial charge on any atom is 0.350 e. The average Bonchev–Trinajstić information content (AvgIpc) is 3.14. The van der Waals surface area contributed by atoms with Crippen LogP contribution in [0.2, 0.25) is 0 Å². The predicted molar refractivity (Wildman–Crippen MR) is 80.4 cm³/mol. The molecule has 3 rings (SSSR count). The summed E-state index contributed by atoms with van der Waals surface area (Å²) in [7, 11) is 0. The first-order valence-electron chi connectivity index (χ1n) is 7.54. The lowest BCUT2D eigenvalue weighted by Crippen LogP contribution is -2.27. The third-order valence-corrected chi connectivity index (χ3v) is 5.62. The number of amides is 1. The number of carbonyl (C=O) groups excluding carboxylic acids is 2. The fourth-order valence-corrected chi connectivity index (χ4v) is 4.46. The van der Waals surface area contributed by atoms with Crippen molar-refractivity contribution in [2.45, 2.75) is 39.5 Å². The molecular weight excluding hydrogens is 288 g/mol. The number of thiazole rings is 1. The number of hydrogen-bond acceptors (Lipinski definition) is 5. The highest BCUT2D eigenvalue weighted by Crippen LogP contribution is 2.48. The first-order chi connectivity index (χ1) is 10.1. The van der Waals surface area contributed by atoms with Gasteiger partial charge >= 0.3 is 5.97 Å². The van der Waals surface area contributed by atoms with Crippen molar-refractivity contribution in [2.24, 2.45) is 17.8 Å². The number of aryl methyl sites for hydroxylation is 1. The minimum atomic E-state index is -0.368. The molecule has 1 amide bonds. The van der Waals surface area contributed by atoms with E-state index >= 15 is 0 Å². The Morgan fingerprint density at radius 1 is 1.38 bits per heavy atom. The van der Waals surface area contributed by atoms with Crippen molar-refractivity contribution < 1.29 is 14.3 Å². The molecule has 2 saturated carbocycles. The van der Waals surface area contributed by atoms with E-state index in [0.29, 0.717) is 28.2 Å². The molecule has 5 nitrogen and oxygen atoms in total. The lowest BCUT2D eigenvalue weighted by molar-refractivity contribution is -0.121. The van der Waals surface area contributed by atoms with Crippen LogP contribution in [0.15, 0.2) is 0 Å². The second-order valence-corrected chi connectivity index (χ2v) is 6.92. The smallest absolute Gasteiger partial charge is 0.350 e. The highest BCUT2D eigenvalue weighted by Gasteiger charge is 2.43. The van der Waals surface area contributed by atoms with Crippen molar-refractivity contribution in [2.75, 3.05) is 11.9 Å². The molecule has 2 aliphatic carbocycles. The van der Waals surface area contributed by atoms with E-state index in [4.69, 9.17) is 4.74 Å². The SMILES string of the molecule is CCOC(=O)c1sc(NC(=O)C2CC3CCC2C3)nc1C. The quantitative estimate of drug-likeness (QED) is 0.868. The van der Waals surface area contributed by atoms with E-state index in [1.165, 1.54) is 30.6 Å². The van der Waals surface area contributed by atoms with Crippen molar-refractivity contribution in [3.8, 4) is 0 Å². The number of fused-ring (bicyclic) bond motifs is 2. The van der Waals surface area contributed by atoms with Crippen molar-refractivity contribution >= 4 is 28.3 Å². The van der Waals surface area contributed by atoms with Gasteiger partial charge in [0.2, 0.25) is 5.91 Å². The molecule has 0 aromatic carbocycles. The van der Waals surface area contributed by atoms with Gasteiger partial charge < -0.3 is 10.1 Å². The van der Waals surface area contributed by atoms with Gasteiger partial charge in [0.05, 0.1) is 12.3 Å².